The van der Waals surface area contributed by atoms with Crippen molar-refractivity contribution in [3.63, 3.8) is 0 Å². The first kappa shape index (κ1) is 10.3. The van der Waals surface area contributed by atoms with E-state index in [1.807, 2.05) is 0 Å². The number of aromatic nitrogens is 3. The van der Waals surface area contributed by atoms with Gasteiger partial charge >= 0.3 is 5.69 Å². The number of nitrogens with zero attached hydrogens (tertiary/aromatic N) is 2. The lowest BCUT2D eigenvalue weighted by molar-refractivity contribution is 0.723. The van der Waals surface area contributed by atoms with Gasteiger partial charge in [0, 0.05) is 17.3 Å². The number of nitrogens with one attached hydrogen (secondary N) is 1. The number of hydrogen-bond acceptors (Lipinski definition) is 4. The van der Waals surface area contributed by atoms with Crippen molar-refractivity contribution in [2.24, 2.45) is 0 Å². The molecular weight excluding hydrogens is 282 g/mol. The van der Waals surface area contributed by atoms with Crippen LogP contribution in [0.2, 0.25) is 0 Å². The SMILES string of the molecule is O=c1[nH]c(=O)n(Cc2cncs2)cc1Br. The second-order valence-corrected chi connectivity index (χ2v) is 4.66. The molecule has 0 unspecified atom stereocenters. The van der Waals surface area contributed by atoms with E-state index in [1.165, 1.54) is 22.1 Å². The van der Waals surface area contributed by atoms with Gasteiger partial charge in [0.2, 0.25) is 0 Å². The zero-order valence-corrected chi connectivity index (χ0v) is 9.84. The second-order valence-electron chi connectivity index (χ2n) is 2.83. The molecule has 2 aromatic heterocycles. The summed E-state index contributed by atoms with van der Waals surface area (Å²) < 4.78 is 1.76. The summed E-state index contributed by atoms with van der Waals surface area (Å²) in [5.74, 6) is 0. The Balaban J connectivity index is 2.42. The van der Waals surface area contributed by atoms with Gasteiger partial charge in [-0.1, -0.05) is 0 Å². The van der Waals surface area contributed by atoms with Crippen LogP contribution >= 0.6 is 27.3 Å². The lowest BCUT2D eigenvalue weighted by Crippen LogP contribution is -2.29. The highest BCUT2D eigenvalue weighted by Crippen LogP contribution is 2.07. The highest BCUT2D eigenvalue weighted by molar-refractivity contribution is 9.10. The van der Waals surface area contributed by atoms with E-state index >= 15 is 0 Å². The third-order valence-electron chi connectivity index (χ3n) is 1.78. The Labute approximate surface area is 96.6 Å². The summed E-state index contributed by atoms with van der Waals surface area (Å²) in [4.78, 5) is 29.5. The fourth-order valence-corrected chi connectivity index (χ4v) is 2.03. The number of halogens is 1. The highest BCUT2D eigenvalue weighted by Gasteiger charge is 2.03. The molecule has 0 amide bonds. The van der Waals surface area contributed by atoms with Crippen molar-refractivity contribution in [2.45, 2.75) is 6.54 Å². The fourth-order valence-electron chi connectivity index (χ4n) is 1.09. The smallest absolute Gasteiger partial charge is 0.294 e. The van der Waals surface area contributed by atoms with Crippen molar-refractivity contribution < 1.29 is 0 Å². The molecule has 1 N–H and O–H groups in total. The van der Waals surface area contributed by atoms with Crippen LogP contribution in [0.25, 0.3) is 0 Å². The molecule has 0 aliphatic heterocycles. The molecule has 0 aliphatic rings. The van der Waals surface area contributed by atoms with Crippen LogP contribution in [0.4, 0.5) is 0 Å². The summed E-state index contributed by atoms with van der Waals surface area (Å²) in [5, 5.41) is 0. The first-order chi connectivity index (χ1) is 7.16. The van der Waals surface area contributed by atoms with Crippen molar-refractivity contribution in [1.82, 2.24) is 14.5 Å². The topological polar surface area (TPSA) is 67.8 Å². The summed E-state index contributed by atoms with van der Waals surface area (Å²) in [6.07, 6.45) is 3.16. The Kier molecular flexibility index (Phi) is 2.83. The van der Waals surface area contributed by atoms with Crippen LogP contribution in [0.3, 0.4) is 0 Å². The molecule has 0 spiro atoms. The van der Waals surface area contributed by atoms with Gasteiger partial charge in [0.15, 0.2) is 0 Å². The highest BCUT2D eigenvalue weighted by atomic mass is 79.9. The summed E-state index contributed by atoms with van der Waals surface area (Å²) in [6.45, 7) is 0.416. The molecule has 78 valence electrons. The molecule has 0 saturated carbocycles. The molecule has 15 heavy (non-hydrogen) atoms. The van der Waals surface area contributed by atoms with E-state index in [9.17, 15) is 9.59 Å². The van der Waals surface area contributed by atoms with Crippen LogP contribution in [-0.4, -0.2) is 14.5 Å². The zero-order chi connectivity index (χ0) is 10.8. The number of hydrogen-bond donors (Lipinski definition) is 1. The minimum Gasteiger partial charge on any atom is -0.294 e. The van der Waals surface area contributed by atoms with Crippen LogP contribution in [-0.2, 0) is 6.54 Å². The number of aromatic amines is 1. The minimum absolute atomic E-state index is 0.339. The number of thiazole rings is 1. The molecule has 2 rings (SSSR count). The minimum atomic E-state index is -0.420. The summed E-state index contributed by atoms with van der Waals surface area (Å²) in [5.41, 5.74) is 0.860. The van der Waals surface area contributed by atoms with Crippen LogP contribution in [0.15, 0.2) is 32.0 Å². The fraction of sp³-hybridized carbons (Fsp3) is 0.125. The Hall–Kier alpha value is -1.21. The largest absolute Gasteiger partial charge is 0.328 e. The molecule has 0 saturated heterocycles. The quantitative estimate of drug-likeness (QED) is 0.889. The molecule has 5 nitrogen and oxygen atoms in total. The van der Waals surface area contributed by atoms with Crippen LogP contribution in [0, 0.1) is 0 Å². The normalized spacial score (nSPS) is 10.5. The van der Waals surface area contributed by atoms with Crippen LogP contribution < -0.4 is 11.2 Å². The van der Waals surface area contributed by atoms with Gasteiger partial charge < -0.3 is 0 Å². The maximum atomic E-state index is 11.4. The van der Waals surface area contributed by atoms with Gasteiger partial charge in [0.05, 0.1) is 16.5 Å². The van der Waals surface area contributed by atoms with Crippen molar-refractivity contribution in [2.75, 3.05) is 0 Å². The number of rotatable bonds is 2. The second kappa shape index (κ2) is 4.11. The van der Waals surface area contributed by atoms with Gasteiger partial charge in [0.1, 0.15) is 0 Å². The predicted octanol–water partition coefficient (Wildman–Crippen LogP) is 0.804. The number of H-pyrrole nitrogens is 1. The van der Waals surface area contributed by atoms with E-state index in [-0.39, 0.29) is 0 Å². The van der Waals surface area contributed by atoms with Gasteiger partial charge in [-0.3, -0.25) is 19.3 Å². The summed E-state index contributed by atoms with van der Waals surface area (Å²) in [7, 11) is 0. The van der Waals surface area contributed by atoms with E-state index in [0.29, 0.717) is 11.0 Å². The van der Waals surface area contributed by atoms with Crippen molar-refractivity contribution >= 4 is 27.3 Å². The van der Waals surface area contributed by atoms with Crippen molar-refractivity contribution in [1.29, 1.82) is 0 Å². The Morgan fingerprint density at radius 3 is 3.00 bits per heavy atom. The summed E-state index contributed by atoms with van der Waals surface area (Å²) in [6, 6.07) is 0. The van der Waals surface area contributed by atoms with E-state index in [1.54, 1.807) is 11.7 Å². The average molecular weight is 288 g/mol. The van der Waals surface area contributed by atoms with Gasteiger partial charge in [0.25, 0.3) is 5.56 Å². The van der Waals surface area contributed by atoms with Crippen molar-refractivity contribution in [3.8, 4) is 0 Å². The molecule has 0 fully saturated rings. The molecule has 0 aromatic carbocycles. The van der Waals surface area contributed by atoms with Gasteiger partial charge in [-0.25, -0.2) is 4.79 Å². The van der Waals surface area contributed by atoms with E-state index in [2.05, 4.69) is 25.9 Å². The lowest BCUT2D eigenvalue weighted by Gasteiger charge is -2.02. The maximum Gasteiger partial charge on any atom is 0.328 e. The first-order valence-electron chi connectivity index (χ1n) is 4.03. The molecule has 2 heterocycles. The van der Waals surface area contributed by atoms with Crippen molar-refractivity contribution in [3.05, 3.63) is 48.1 Å². The first-order valence-corrected chi connectivity index (χ1v) is 5.71. The van der Waals surface area contributed by atoms with Gasteiger partial charge in [-0.15, -0.1) is 11.3 Å². The molecule has 0 radical (unpaired) electrons. The van der Waals surface area contributed by atoms with E-state index < -0.39 is 11.2 Å². The third kappa shape index (κ3) is 2.24. The van der Waals surface area contributed by atoms with Crippen LogP contribution in [0.1, 0.15) is 4.88 Å². The average Bonchev–Trinajstić information content (AvgIpc) is 2.67. The summed E-state index contributed by atoms with van der Waals surface area (Å²) >= 11 is 4.53. The Morgan fingerprint density at radius 2 is 2.33 bits per heavy atom. The molecule has 0 aliphatic carbocycles. The predicted molar refractivity (Wildman–Crippen MR) is 60.2 cm³/mol. The lowest BCUT2D eigenvalue weighted by atomic mass is 10.5. The van der Waals surface area contributed by atoms with Gasteiger partial charge in [-0.05, 0) is 15.9 Å². The third-order valence-corrected chi connectivity index (χ3v) is 3.11. The zero-order valence-electron chi connectivity index (χ0n) is 7.44. The molecule has 2 aromatic rings. The molecule has 0 bridgehead atoms. The Morgan fingerprint density at radius 1 is 1.53 bits per heavy atom. The molecular formula is C8H6BrN3O2S. The molecule has 7 heteroatoms. The monoisotopic (exact) mass is 287 g/mol. The molecule has 0 atom stereocenters. The van der Waals surface area contributed by atoms with Crippen LogP contribution in [0.5, 0.6) is 0 Å². The van der Waals surface area contributed by atoms with E-state index in [0.717, 1.165) is 4.88 Å². The van der Waals surface area contributed by atoms with E-state index in [4.69, 9.17) is 0 Å². The Bertz CT molecular complexity index is 572. The maximum absolute atomic E-state index is 11.4. The van der Waals surface area contributed by atoms with Gasteiger partial charge in [-0.2, -0.15) is 0 Å². The standard InChI is InChI=1S/C8H6BrN3O2S/c9-6-3-12(8(14)11-7(6)13)2-5-1-10-4-15-5/h1,3-4H,2H2,(H,11,13,14).